The van der Waals surface area contributed by atoms with Crippen molar-refractivity contribution < 1.29 is 0 Å². The first-order valence-electron chi connectivity index (χ1n) is 7.73. The van der Waals surface area contributed by atoms with E-state index in [0.717, 1.165) is 23.9 Å². The monoisotopic (exact) mass is 256 g/mol. The van der Waals surface area contributed by atoms with E-state index >= 15 is 0 Å². The van der Waals surface area contributed by atoms with Crippen LogP contribution in [-0.4, -0.2) is 49.6 Å². The quantitative estimate of drug-likeness (QED) is 0.759. The summed E-state index contributed by atoms with van der Waals surface area (Å²) in [6.45, 7) is 12.6. The van der Waals surface area contributed by atoms with Crippen molar-refractivity contribution in [1.29, 1.82) is 0 Å². The third-order valence-electron chi connectivity index (χ3n) is 4.17. The van der Waals surface area contributed by atoms with Crippen molar-refractivity contribution in [2.75, 3.05) is 27.7 Å². The number of piperidine rings is 1. The average molecular weight is 256 g/mol. The molecule has 0 saturated carbocycles. The first-order chi connectivity index (χ1) is 8.36. The van der Waals surface area contributed by atoms with Gasteiger partial charge in [-0.2, -0.15) is 0 Å². The molecule has 3 atom stereocenters. The molecule has 0 aromatic heterocycles. The Balaban J connectivity index is 0.000000873. The standard InChI is InChI=1S/C13H28N2.C3H8/c1-10(2)11(3)13-12(14(4)5)8-7-9-15(13)6;1-3-2/h10-13H,7-9H2,1-6H3;3H2,1-2H3. The summed E-state index contributed by atoms with van der Waals surface area (Å²) in [7, 11) is 6.74. The van der Waals surface area contributed by atoms with Crippen LogP contribution in [0.25, 0.3) is 0 Å². The summed E-state index contributed by atoms with van der Waals surface area (Å²) in [4.78, 5) is 4.98. The molecule has 1 aliphatic heterocycles. The van der Waals surface area contributed by atoms with E-state index in [1.165, 1.54) is 25.8 Å². The highest BCUT2D eigenvalue weighted by atomic mass is 15.2. The van der Waals surface area contributed by atoms with Crippen molar-refractivity contribution in [1.82, 2.24) is 9.80 Å². The molecule has 2 heteroatoms. The molecule has 0 amide bonds. The fourth-order valence-electron chi connectivity index (χ4n) is 2.87. The molecule has 0 bridgehead atoms. The van der Waals surface area contributed by atoms with Crippen LogP contribution >= 0.6 is 0 Å². The maximum absolute atomic E-state index is 2.57. The Morgan fingerprint density at radius 3 is 2.06 bits per heavy atom. The lowest BCUT2D eigenvalue weighted by atomic mass is 9.81. The van der Waals surface area contributed by atoms with Gasteiger partial charge in [0.25, 0.3) is 0 Å². The van der Waals surface area contributed by atoms with E-state index in [1.54, 1.807) is 0 Å². The number of hydrogen-bond donors (Lipinski definition) is 0. The van der Waals surface area contributed by atoms with Gasteiger partial charge in [-0.05, 0) is 52.4 Å². The molecule has 0 radical (unpaired) electrons. The van der Waals surface area contributed by atoms with Crippen LogP contribution < -0.4 is 0 Å². The van der Waals surface area contributed by atoms with E-state index < -0.39 is 0 Å². The summed E-state index contributed by atoms with van der Waals surface area (Å²) in [5.74, 6) is 1.56. The first-order valence-corrected chi connectivity index (χ1v) is 7.73. The zero-order chi connectivity index (χ0) is 14.3. The number of hydrogen-bond acceptors (Lipinski definition) is 2. The van der Waals surface area contributed by atoms with Crippen LogP contribution in [0.5, 0.6) is 0 Å². The Hall–Kier alpha value is -0.0800. The van der Waals surface area contributed by atoms with Gasteiger partial charge in [-0.25, -0.2) is 0 Å². The average Bonchev–Trinajstić information content (AvgIpc) is 2.28. The molecule has 110 valence electrons. The van der Waals surface area contributed by atoms with Crippen LogP contribution in [0.4, 0.5) is 0 Å². The summed E-state index contributed by atoms with van der Waals surface area (Å²) >= 11 is 0. The van der Waals surface area contributed by atoms with Crippen molar-refractivity contribution in [3.63, 3.8) is 0 Å². The minimum absolute atomic E-state index is 0.730. The maximum atomic E-state index is 2.57. The van der Waals surface area contributed by atoms with Crippen molar-refractivity contribution >= 4 is 0 Å². The van der Waals surface area contributed by atoms with Gasteiger partial charge in [-0.1, -0.05) is 41.0 Å². The topological polar surface area (TPSA) is 6.48 Å². The molecular weight excluding hydrogens is 220 g/mol. The minimum atomic E-state index is 0.730. The molecule has 1 rings (SSSR count). The molecule has 1 heterocycles. The van der Waals surface area contributed by atoms with Crippen LogP contribution in [0.1, 0.15) is 53.9 Å². The number of nitrogens with zero attached hydrogens (tertiary/aromatic N) is 2. The predicted octanol–water partition coefficient (Wildman–Crippen LogP) is 3.72. The van der Waals surface area contributed by atoms with E-state index in [0.29, 0.717) is 0 Å². The first kappa shape index (κ1) is 17.9. The number of likely N-dealkylation sites (N-methyl/N-ethyl adjacent to an activating group) is 2. The lowest BCUT2D eigenvalue weighted by Crippen LogP contribution is -2.55. The highest BCUT2D eigenvalue weighted by molar-refractivity contribution is 4.91. The molecule has 0 aromatic rings. The second kappa shape index (κ2) is 8.92. The number of rotatable bonds is 3. The highest BCUT2D eigenvalue weighted by Crippen LogP contribution is 2.29. The Bertz CT molecular complexity index is 201. The van der Waals surface area contributed by atoms with Crippen LogP contribution in [0.2, 0.25) is 0 Å². The predicted molar refractivity (Wildman–Crippen MR) is 83.1 cm³/mol. The molecule has 0 aromatic carbocycles. The van der Waals surface area contributed by atoms with Crippen LogP contribution in [-0.2, 0) is 0 Å². The molecule has 18 heavy (non-hydrogen) atoms. The molecule has 1 aliphatic rings. The molecule has 3 unspecified atom stereocenters. The van der Waals surface area contributed by atoms with Crippen molar-refractivity contribution in [2.45, 2.75) is 66.0 Å². The Kier molecular flexibility index (Phi) is 8.89. The smallest absolute Gasteiger partial charge is 0.0276 e. The Morgan fingerprint density at radius 2 is 1.67 bits per heavy atom. The van der Waals surface area contributed by atoms with Crippen molar-refractivity contribution in [3.05, 3.63) is 0 Å². The summed E-state index contributed by atoms with van der Waals surface area (Å²) in [6.07, 6.45) is 3.96. The van der Waals surface area contributed by atoms with Crippen molar-refractivity contribution in [2.24, 2.45) is 11.8 Å². The lowest BCUT2D eigenvalue weighted by Gasteiger charge is -2.46. The summed E-state index contributed by atoms with van der Waals surface area (Å²) in [5.41, 5.74) is 0. The summed E-state index contributed by atoms with van der Waals surface area (Å²) < 4.78 is 0. The van der Waals surface area contributed by atoms with Gasteiger partial charge in [0, 0.05) is 12.1 Å². The highest BCUT2D eigenvalue weighted by Gasteiger charge is 2.35. The minimum Gasteiger partial charge on any atom is -0.305 e. The van der Waals surface area contributed by atoms with Crippen LogP contribution in [0.3, 0.4) is 0 Å². The molecule has 1 saturated heterocycles. The molecule has 1 fully saturated rings. The Labute approximate surface area is 116 Å². The molecule has 0 aliphatic carbocycles. The van der Waals surface area contributed by atoms with Gasteiger partial charge in [-0.3, -0.25) is 0 Å². The van der Waals surface area contributed by atoms with Gasteiger partial charge in [0.15, 0.2) is 0 Å². The second-order valence-electron chi connectivity index (χ2n) is 6.45. The van der Waals surface area contributed by atoms with Crippen molar-refractivity contribution in [3.8, 4) is 0 Å². The SMILES string of the molecule is CC(C)C(C)C1C(N(C)C)CCCN1C.CCC. The largest absolute Gasteiger partial charge is 0.305 e. The van der Waals surface area contributed by atoms with E-state index in [9.17, 15) is 0 Å². The van der Waals surface area contributed by atoms with Gasteiger partial charge >= 0.3 is 0 Å². The third kappa shape index (κ3) is 5.27. The molecule has 0 spiro atoms. The van der Waals surface area contributed by atoms with Crippen LogP contribution in [0.15, 0.2) is 0 Å². The van der Waals surface area contributed by atoms with E-state index in [-0.39, 0.29) is 0 Å². The van der Waals surface area contributed by atoms with Gasteiger partial charge < -0.3 is 9.80 Å². The Morgan fingerprint density at radius 1 is 1.17 bits per heavy atom. The molecule has 0 N–H and O–H groups in total. The van der Waals surface area contributed by atoms with E-state index in [2.05, 4.69) is 65.6 Å². The van der Waals surface area contributed by atoms with E-state index in [1.807, 2.05) is 0 Å². The zero-order valence-corrected chi connectivity index (χ0v) is 14.0. The van der Waals surface area contributed by atoms with Gasteiger partial charge in [0.2, 0.25) is 0 Å². The fraction of sp³-hybridized carbons (Fsp3) is 1.00. The van der Waals surface area contributed by atoms with Crippen LogP contribution in [0, 0.1) is 11.8 Å². The van der Waals surface area contributed by atoms with E-state index in [4.69, 9.17) is 0 Å². The second-order valence-corrected chi connectivity index (χ2v) is 6.45. The lowest BCUT2D eigenvalue weighted by molar-refractivity contribution is 0.0366. The maximum Gasteiger partial charge on any atom is 0.0276 e. The molecular formula is C16H36N2. The number of likely N-dealkylation sites (tertiary alicyclic amines) is 1. The third-order valence-corrected chi connectivity index (χ3v) is 4.17. The zero-order valence-electron chi connectivity index (χ0n) is 14.0. The van der Waals surface area contributed by atoms with Gasteiger partial charge in [-0.15, -0.1) is 0 Å². The summed E-state index contributed by atoms with van der Waals surface area (Å²) in [5, 5.41) is 0. The van der Waals surface area contributed by atoms with Gasteiger partial charge in [0.05, 0.1) is 0 Å². The normalized spacial score (nSPS) is 27.0. The fourth-order valence-corrected chi connectivity index (χ4v) is 2.87. The van der Waals surface area contributed by atoms with Gasteiger partial charge in [0.1, 0.15) is 0 Å². The molecule has 2 nitrogen and oxygen atoms in total. The summed E-state index contributed by atoms with van der Waals surface area (Å²) in [6, 6.07) is 1.47.